The molecule has 3 heterocycles. The van der Waals surface area contributed by atoms with E-state index < -0.39 is 0 Å². The lowest BCUT2D eigenvalue weighted by Gasteiger charge is -2.04. The number of aromatic amines is 1. The number of aromatic nitrogens is 5. The SMILES string of the molecule is c1ccc(-n2nc(-c3cccnc3)nc2Cc2cc[nH]c2)cc1. The van der Waals surface area contributed by atoms with Crippen molar-refractivity contribution in [2.75, 3.05) is 0 Å². The Labute approximate surface area is 133 Å². The molecule has 23 heavy (non-hydrogen) atoms. The Morgan fingerprint density at radius 3 is 2.65 bits per heavy atom. The summed E-state index contributed by atoms with van der Waals surface area (Å²) in [5.41, 5.74) is 3.09. The van der Waals surface area contributed by atoms with Gasteiger partial charge in [0.05, 0.1) is 5.69 Å². The third-order valence-electron chi connectivity index (χ3n) is 3.62. The van der Waals surface area contributed by atoms with Gasteiger partial charge in [-0.2, -0.15) is 0 Å². The van der Waals surface area contributed by atoms with Crippen molar-refractivity contribution in [3.63, 3.8) is 0 Å². The number of H-pyrrole nitrogens is 1. The van der Waals surface area contributed by atoms with Crippen LogP contribution in [0.3, 0.4) is 0 Å². The molecule has 5 nitrogen and oxygen atoms in total. The first kappa shape index (κ1) is 13.5. The fourth-order valence-corrected chi connectivity index (χ4v) is 2.50. The van der Waals surface area contributed by atoms with Crippen molar-refractivity contribution in [1.82, 2.24) is 24.7 Å². The molecule has 0 aliphatic heterocycles. The van der Waals surface area contributed by atoms with Gasteiger partial charge in [-0.25, -0.2) is 9.67 Å². The summed E-state index contributed by atoms with van der Waals surface area (Å²) in [7, 11) is 0. The first-order valence-electron chi connectivity index (χ1n) is 7.43. The summed E-state index contributed by atoms with van der Waals surface area (Å²) in [6.45, 7) is 0. The molecule has 4 rings (SSSR count). The van der Waals surface area contributed by atoms with Gasteiger partial charge in [0, 0.05) is 36.8 Å². The Balaban J connectivity index is 1.80. The lowest BCUT2D eigenvalue weighted by molar-refractivity contribution is 0.814. The minimum absolute atomic E-state index is 0.687. The van der Waals surface area contributed by atoms with E-state index in [1.165, 1.54) is 5.56 Å². The smallest absolute Gasteiger partial charge is 0.183 e. The first-order chi connectivity index (χ1) is 11.4. The molecule has 0 aliphatic carbocycles. The highest BCUT2D eigenvalue weighted by molar-refractivity contribution is 5.53. The van der Waals surface area contributed by atoms with Gasteiger partial charge in [-0.1, -0.05) is 18.2 Å². The molecule has 0 unspecified atom stereocenters. The highest BCUT2D eigenvalue weighted by atomic mass is 15.4. The fraction of sp³-hybridized carbons (Fsp3) is 0.0556. The van der Waals surface area contributed by atoms with Crippen molar-refractivity contribution in [1.29, 1.82) is 0 Å². The molecule has 0 bridgehead atoms. The van der Waals surface area contributed by atoms with E-state index in [4.69, 9.17) is 4.98 Å². The van der Waals surface area contributed by atoms with E-state index in [9.17, 15) is 0 Å². The zero-order valence-electron chi connectivity index (χ0n) is 12.4. The summed E-state index contributed by atoms with van der Waals surface area (Å²) in [4.78, 5) is 12.0. The lowest BCUT2D eigenvalue weighted by atomic mass is 10.2. The van der Waals surface area contributed by atoms with Gasteiger partial charge in [-0.05, 0) is 35.9 Å². The van der Waals surface area contributed by atoms with Gasteiger partial charge in [0.1, 0.15) is 5.82 Å². The number of hydrogen-bond donors (Lipinski definition) is 1. The first-order valence-corrected chi connectivity index (χ1v) is 7.43. The second kappa shape index (κ2) is 5.88. The summed E-state index contributed by atoms with van der Waals surface area (Å²) in [6, 6.07) is 16.0. The van der Waals surface area contributed by atoms with Crippen LogP contribution in [0.1, 0.15) is 11.4 Å². The molecule has 0 amide bonds. The van der Waals surface area contributed by atoms with Gasteiger partial charge in [0.15, 0.2) is 5.82 Å². The lowest BCUT2D eigenvalue weighted by Crippen LogP contribution is -2.03. The molecule has 0 saturated carbocycles. The van der Waals surface area contributed by atoms with Gasteiger partial charge in [-0.3, -0.25) is 4.98 Å². The van der Waals surface area contributed by atoms with Crippen LogP contribution in [0.5, 0.6) is 0 Å². The van der Waals surface area contributed by atoms with Crippen LogP contribution in [-0.2, 0) is 6.42 Å². The second-order valence-electron chi connectivity index (χ2n) is 5.24. The molecule has 0 radical (unpaired) electrons. The summed E-state index contributed by atoms with van der Waals surface area (Å²) >= 11 is 0. The van der Waals surface area contributed by atoms with Gasteiger partial charge >= 0.3 is 0 Å². The zero-order valence-corrected chi connectivity index (χ0v) is 12.4. The third-order valence-corrected chi connectivity index (χ3v) is 3.62. The van der Waals surface area contributed by atoms with Crippen LogP contribution in [0.2, 0.25) is 0 Å². The number of benzene rings is 1. The number of rotatable bonds is 4. The van der Waals surface area contributed by atoms with Gasteiger partial charge in [-0.15, -0.1) is 5.10 Å². The predicted molar refractivity (Wildman–Crippen MR) is 88.2 cm³/mol. The largest absolute Gasteiger partial charge is 0.367 e. The Morgan fingerprint density at radius 1 is 1.00 bits per heavy atom. The van der Waals surface area contributed by atoms with E-state index in [-0.39, 0.29) is 0 Å². The van der Waals surface area contributed by atoms with Crippen molar-refractivity contribution < 1.29 is 0 Å². The fourth-order valence-electron chi connectivity index (χ4n) is 2.50. The zero-order chi connectivity index (χ0) is 15.5. The maximum atomic E-state index is 4.73. The molecule has 0 fully saturated rings. The molecule has 0 saturated heterocycles. The van der Waals surface area contributed by atoms with E-state index in [2.05, 4.69) is 15.1 Å². The van der Waals surface area contributed by atoms with E-state index in [1.54, 1.807) is 12.4 Å². The Bertz CT molecular complexity index is 880. The molecule has 0 atom stereocenters. The summed E-state index contributed by atoms with van der Waals surface area (Å²) in [5.74, 6) is 1.59. The Hall–Kier alpha value is -3.21. The third kappa shape index (κ3) is 2.76. The van der Waals surface area contributed by atoms with Crippen LogP contribution in [0.4, 0.5) is 0 Å². The number of nitrogens with zero attached hydrogens (tertiary/aromatic N) is 4. The normalized spacial score (nSPS) is 10.8. The number of pyridine rings is 1. The molecule has 3 aromatic heterocycles. The molecule has 112 valence electrons. The molecular formula is C18H15N5. The van der Waals surface area contributed by atoms with Gasteiger partial charge < -0.3 is 4.98 Å². The highest BCUT2D eigenvalue weighted by Gasteiger charge is 2.13. The van der Waals surface area contributed by atoms with E-state index in [0.29, 0.717) is 12.2 Å². The predicted octanol–water partition coefficient (Wildman–Crippen LogP) is 3.25. The van der Waals surface area contributed by atoms with Crippen LogP contribution < -0.4 is 0 Å². The van der Waals surface area contributed by atoms with Crippen molar-refractivity contribution in [3.8, 4) is 17.1 Å². The average molecular weight is 301 g/mol. The Kier molecular flexibility index (Phi) is 3.44. The van der Waals surface area contributed by atoms with E-state index >= 15 is 0 Å². The molecule has 1 N–H and O–H groups in total. The summed E-state index contributed by atoms with van der Waals surface area (Å²) in [6.07, 6.45) is 8.14. The van der Waals surface area contributed by atoms with Crippen LogP contribution in [0.25, 0.3) is 17.1 Å². The van der Waals surface area contributed by atoms with E-state index in [0.717, 1.165) is 17.1 Å². The van der Waals surface area contributed by atoms with Crippen LogP contribution in [0.15, 0.2) is 73.3 Å². The van der Waals surface area contributed by atoms with Crippen molar-refractivity contribution >= 4 is 0 Å². The Morgan fingerprint density at radius 2 is 1.91 bits per heavy atom. The van der Waals surface area contributed by atoms with E-state index in [1.807, 2.05) is 65.6 Å². The molecule has 4 aromatic rings. The minimum Gasteiger partial charge on any atom is -0.367 e. The number of hydrogen-bond acceptors (Lipinski definition) is 3. The minimum atomic E-state index is 0.687. The standard InChI is InChI=1S/C18H15N5/c1-2-6-16(7-3-1)23-17(11-14-8-10-20-12-14)21-18(22-23)15-5-4-9-19-13-15/h1-10,12-13,20H,11H2. The number of nitrogens with one attached hydrogen (secondary N) is 1. The summed E-state index contributed by atoms with van der Waals surface area (Å²) < 4.78 is 1.90. The van der Waals surface area contributed by atoms with Crippen molar-refractivity contribution in [2.45, 2.75) is 6.42 Å². The molecule has 0 spiro atoms. The van der Waals surface area contributed by atoms with Crippen molar-refractivity contribution in [2.24, 2.45) is 0 Å². The van der Waals surface area contributed by atoms with Crippen molar-refractivity contribution in [3.05, 3.63) is 84.7 Å². The second-order valence-corrected chi connectivity index (χ2v) is 5.24. The maximum absolute atomic E-state index is 4.73. The molecular weight excluding hydrogens is 286 g/mol. The summed E-state index contributed by atoms with van der Waals surface area (Å²) in [5, 5.41) is 4.69. The molecule has 1 aromatic carbocycles. The molecule has 0 aliphatic rings. The quantitative estimate of drug-likeness (QED) is 0.629. The van der Waals surface area contributed by atoms with Gasteiger partial charge in [0.25, 0.3) is 0 Å². The van der Waals surface area contributed by atoms with Crippen LogP contribution in [-0.4, -0.2) is 24.7 Å². The number of para-hydroxylation sites is 1. The maximum Gasteiger partial charge on any atom is 0.183 e. The van der Waals surface area contributed by atoms with Crippen LogP contribution in [0, 0.1) is 0 Å². The highest BCUT2D eigenvalue weighted by Crippen LogP contribution is 2.19. The molecule has 5 heteroatoms. The monoisotopic (exact) mass is 301 g/mol. The average Bonchev–Trinajstić information content (AvgIpc) is 3.27. The van der Waals surface area contributed by atoms with Gasteiger partial charge in [0.2, 0.25) is 0 Å². The van der Waals surface area contributed by atoms with Crippen LogP contribution >= 0.6 is 0 Å². The topological polar surface area (TPSA) is 59.4 Å².